The highest BCUT2D eigenvalue weighted by atomic mass is 19.1. The lowest BCUT2D eigenvalue weighted by atomic mass is 10.1. The third kappa shape index (κ3) is 3.49. The normalized spacial score (nSPS) is 15.1. The molecule has 0 aliphatic carbocycles. The number of benzene rings is 1. The van der Waals surface area contributed by atoms with Crippen molar-refractivity contribution in [2.24, 2.45) is 0 Å². The first-order valence-corrected chi connectivity index (χ1v) is 6.64. The van der Waals surface area contributed by atoms with Gasteiger partial charge in [-0.1, -0.05) is 0 Å². The molecule has 1 saturated heterocycles. The summed E-state index contributed by atoms with van der Waals surface area (Å²) in [5.74, 6) is -0.835. The lowest BCUT2D eigenvalue weighted by Gasteiger charge is -2.34. The van der Waals surface area contributed by atoms with Gasteiger partial charge in [-0.05, 0) is 18.2 Å². The maximum atomic E-state index is 13.1. The molecule has 0 saturated carbocycles. The fourth-order valence-corrected chi connectivity index (χ4v) is 2.23. The van der Waals surface area contributed by atoms with Crippen LogP contribution in [0.4, 0.5) is 10.1 Å². The number of nitrogens with zero attached hydrogens (tertiary/aromatic N) is 2. The van der Waals surface area contributed by atoms with Crippen LogP contribution in [0.15, 0.2) is 18.2 Å². The average Bonchev–Trinajstić information content (AvgIpc) is 2.50. The van der Waals surface area contributed by atoms with Gasteiger partial charge in [-0.25, -0.2) is 4.39 Å². The number of piperazine rings is 1. The number of rotatable bonds is 3. The van der Waals surface area contributed by atoms with Crippen molar-refractivity contribution in [3.63, 3.8) is 0 Å². The summed E-state index contributed by atoms with van der Waals surface area (Å²) in [6, 6.07) is 3.93. The summed E-state index contributed by atoms with van der Waals surface area (Å²) >= 11 is 0. The molecule has 0 atom stereocenters. The number of hydrogen-bond donors (Lipinski definition) is 1. The van der Waals surface area contributed by atoms with Gasteiger partial charge in [0.1, 0.15) is 12.4 Å². The molecule has 1 aliphatic rings. The topological polar surface area (TPSA) is 75.9 Å². The molecule has 1 aliphatic heterocycles. The van der Waals surface area contributed by atoms with E-state index in [2.05, 4.69) is 0 Å². The smallest absolute Gasteiger partial charge is 0.254 e. The molecular formula is C14H18FN3O3. The van der Waals surface area contributed by atoms with Crippen LogP contribution in [0.2, 0.25) is 0 Å². The van der Waals surface area contributed by atoms with E-state index in [4.69, 9.17) is 10.5 Å². The van der Waals surface area contributed by atoms with Crippen molar-refractivity contribution < 1.29 is 18.7 Å². The van der Waals surface area contributed by atoms with Crippen LogP contribution in [-0.4, -0.2) is 61.5 Å². The second-order valence-electron chi connectivity index (χ2n) is 4.84. The van der Waals surface area contributed by atoms with Gasteiger partial charge in [-0.15, -0.1) is 0 Å². The van der Waals surface area contributed by atoms with Gasteiger partial charge in [-0.2, -0.15) is 0 Å². The van der Waals surface area contributed by atoms with Crippen molar-refractivity contribution in [3.05, 3.63) is 29.6 Å². The molecule has 7 heteroatoms. The molecule has 1 fully saturated rings. The summed E-state index contributed by atoms with van der Waals surface area (Å²) in [7, 11) is 1.47. The molecule has 2 amide bonds. The standard InChI is InChI=1S/C14H18FN3O3/c1-21-9-13(19)17-4-6-18(7-5-17)14(20)10-2-3-11(15)12(16)8-10/h2-3,8H,4-7,9,16H2,1H3. The molecule has 1 aromatic carbocycles. The summed E-state index contributed by atoms with van der Waals surface area (Å²) in [5.41, 5.74) is 5.78. The van der Waals surface area contributed by atoms with Crippen molar-refractivity contribution in [1.82, 2.24) is 9.80 Å². The predicted octanol–water partition coefficient (Wildman–Crippen LogP) is 0.339. The summed E-state index contributed by atoms with van der Waals surface area (Å²) in [4.78, 5) is 27.2. The Morgan fingerprint density at radius 3 is 2.43 bits per heavy atom. The van der Waals surface area contributed by atoms with E-state index in [1.54, 1.807) is 9.80 Å². The van der Waals surface area contributed by atoms with Crippen LogP contribution in [-0.2, 0) is 9.53 Å². The number of halogens is 1. The van der Waals surface area contributed by atoms with E-state index in [9.17, 15) is 14.0 Å². The Morgan fingerprint density at radius 1 is 1.24 bits per heavy atom. The van der Waals surface area contributed by atoms with Crippen LogP contribution in [0, 0.1) is 5.82 Å². The van der Waals surface area contributed by atoms with E-state index in [-0.39, 0.29) is 24.1 Å². The number of nitrogens with two attached hydrogens (primary N) is 1. The molecule has 114 valence electrons. The Kier molecular flexibility index (Phi) is 4.74. The number of hydrogen-bond acceptors (Lipinski definition) is 4. The molecule has 0 radical (unpaired) electrons. The minimum absolute atomic E-state index is 0.0441. The molecule has 6 nitrogen and oxygen atoms in total. The highest BCUT2D eigenvalue weighted by molar-refractivity contribution is 5.95. The zero-order valence-electron chi connectivity index (χ0n) is 11.8. The highest BCUT2D eigenvalue weighted by Gasteiger charge is 2.24. The van der Waals surface area contributed by atoms with Gasteiger partial charge < -0.3 is 20.3 Å². The number of amides is 2. The van der Waals surface area contributed by atoms with Crippen molar-refractivity contribution in [3.8, 4) is 0 Å². The third-order valence-corrected chi connectivity index (χ3v) is 3.43. The number of methoxy groups -OCH3 is 1. The van der Waals surface area contributed by atoms with Crippen molar-refractivity contribution in [2.45, 2.75) is 0 Å². The molecule has 2 rings (SSSR count). The van der Waals surface area contributed by atoms with E-state index in [0.29, 0.717) is 31.7 Å². The van der Waals surface area contributed by atoms with Crippen LogP contribution in [0.25, 0.3) is 0 Å². The molecule has 2 N–H and O–H groups in total. The van der Waals surface area contributed by atoms with Gasteiger partial charge in [0.15, 0.2) is 0 Å². The maximum Gasteiger partial charge on any atom is 0.254 e. The number of carbonyl (C=O) groups excluding carboxylic acids is 2. The molecule has 1 heterocycles. The third-order valence-electron chi connectivity index (χ3n) is 3.43. The number of carbonyl (C=O) groups is 2. The molecule has 21 heavy (non-hydrogen) atoms. The summed E-state index contributed by atoms with van der Waals surface area (Å²) in [6.45, 7) is 1.84. The lowest BCUT2D eigenvalue weighted by Crippen LogP contribution is -2.51. The second-order valence-corrected chi connectivity index (χ2v) is 4.84. The van der Waals surface area contributed by atoms with E-state index >= 15 is 0 Å². The van der Waals surface area contributed by atoms with Crippen molar-refractivity contribution in [2.75, 3.05) is 45.6 Å². The van der Waals surface area contributed by atoms with Gasteiger partial charge in [0, 0.05) is 38.9 Å². The Morgan fingerprint density at radius 2 is 1.86 bits per heavy atom. The van der Waals surface area contributed by atoms with Crippen LogP contribution < -0.4 is 5.73 Å². The Hall–Kier alpha value is -2.15. The van der Waals surface area contributed by atoms with Gasteiger partial charge in [0.2, 0.25) is 5.91 Å². The monoisotopic (exact) mass is 295 g/mol. The first kappa shape index (κ1) is 15.2. The summed E-state index contributed by atoms with van der Waals surface area (Å²) in [6.07, 6.45) is 0. The fourth-order valence-electron chi connectivity index (χ4n) is 2.23. The van der Waals surface area contributed by atoms with Gasteiger partial charge in [-0.3, -0.25) is 9.59 Å². The molecular weight excluding hydrogens is 277 g/mol. The number of nitrogen functional groups attached to an aromatic ring is 1. The van der Waals surface area contributed by atoms with E-state index < -0.39 is 5.82 Å². The molecule has 0 spiro atoms. The summed E-state index contributed by atoms with van der Waals surface area (Å²) in [5, 5.41) is 0. The van der Waals surface area contributed by atoms with Crippen LogP contribution in [0.1, 0.15) is 10.4 Å². The Bertz CT molecular complexity index is 542. The van der Waals surface area contributed by atoms with Crippen LogP contribution in [0.5, 0.6) is 0 Å². The first-order chi connectivity index (χ1) is 10.0. The van der Waals surface area contributed by atoms with Gasteiger partial charge >= 0.3 is 0 Å². The zero-order valence-corrected chi connectivity index (χ0v) is 11.8. The SMILES string of the molecule is COCC(=O)N1CCN(C(=O)c2ccc(F)c(N)c2)CC1. The fraction of sp³-hybridized carbons (Fsp3) is 0.429. The minimum atomic E-state index is -0.540. The molecule has 1 aromatic rings. The van der Waals surface area contributed by atoms with Crippen molar-refractivity contribution in [1.29, 1.82) is 0 Å². The maximum absolute atomic E-state index is 13.1. The highest BCUT2D eigenvalue weighted by Crippen LogP contribution is 2.15. The summed E-state index contributed by atoms with van der Waals surface area (Å²) < 4.78 is 17.9. The average molecular weight is 295 g/mol. The molecule has 0 aromatic heterocycles. The van der Waals surface area contributed by atoms with E-state index in [1.165, 1.54) is 25.3 Å². The molecule has 0 bridgehead atoms. The minimum Gasteiger partial charge on any atom is -0.396 e. The van der Waals surface area contributed by atoms with Gasteiger partial charge in [0.05, 0.1) is 5.69 Å². The Labute approximate surface area is 122 Å². The number of anilines is 1. The zero-order chi connectivity index (χ0) is 15.4. The largest absolute Gasteiger partial charge is 0.396 e. The van der Waals surface area contributed by atoms with Crippen LogP contribution >= 0.6 is 0 Å². The van der Waals surface area contributed by atoms with Crippen molar-refractivity contribution >= 4 is 17.5 Å². The van der Waals surface area contributed by atoms with Crippen LogP contribution in [0.3, 0.4) is 0 Å². The Balaban J connectivity index is 1.97. The quantitative estimate of drug-likeness (QED) is 0.816. The first-order valence-electron chi connectivity index (χ1n) is 6.64. The molecule has 0 unspecified atom stereocenters. The predicted molar refractivity (Wildman–Crippen MR) is 75.2 cm³/mol. The van der Waals surface area contributed by atoms with Gasteiger partial charge in [0.25, 0.3) is 5.91 Å². The second kappa shape index (κ2) is 6.53. The van der Waals surface area contributed by atoms with E-state index in [1.807, 2.05) is 0 Å². The number of ether oxygens (including phenoxy) is 1. The van der Waals surface area contributed by atoms with E-state index in [0.717, 1.165) is 0 Å². The lowest BCUT2D eigenvalue weighted by molar-refractivity contribution is -0.136.